The van der Waals surface area contributed by atoms with Crippen molar-refractivity contribution in [3.63, 3.8) is 0 Å². The van der Waals surface area contributed by atoms with Gasteiger partial charge in [-0.3, -0.25) is 9.36 Å². The van der Waals surface area contributed by atoms with Crippen molar-refractivity contribution >= 4 is 48.6 Å². The summed E-state index contributed by atoms with van der Waals surface area (Å²) in [6.07, 6.45) is 0. The zero-order valence-corrected chi connectivity index (χ0v) is 19.6. The third kappa shape index (κ3) is 4.03. The molecule has 0 aliphatic carbocycles. The summed E-state index contributed by atoms with van der Waals surface area (Å²) in [5, 5.41) is 11.0. The molecule has 4 aromatic rings. The second-order valence-electron chi connectivity index (χ2n) is 6.95. The summed E-state index contributed by atoms with van der Waals surface area (Å²) >= 11 is 6.78. The van der Waals surface area contributed by atoms with Gasteiger partial charge in [0.1, 0.15) is 11.4 Å². The predicted molar refractivity (Wildman–Crippen MR) is 128 cm³/mol. The average molecular weight is 543 g/mol. The lowest BCUT2D eigenvalue weighted by Gasteiger charge is -2.19. The van der Waals surface area contributed by atoms with Gasteiger partial charge >= 0.3 is 5.97 Å². The lowest BCUT2D eigenvalue weighted by molar-refractivity contribution is 0.0588. The SMILES string of the molecule is COC(=O)c1c(-c2ccccc2)c2cc(Br)ccc2c(=O)n1Cc1ccc(O)c(Br)c1. The minimum absolute atomic E-state index is 0.0950. The fourth-order valence-electron chi connectivity index (χ4n) is 3.61. The topological polar surface area (TPSA) is 68.5 Å². The van der Waals surface area contributed by atoms with Crippen molar-refractivity contribution in [3.8, 4) is 16.9 Å². The van der Waals surface area contributed by atoms with Gasteiger partial charge in [-0.2, -0.15) is 0 Å². The van der Waals surface area contributed by atoms with Crippen molar-refractivity contribution in [3.05, 3.63) is 97.3 Å². The van der Waals surface area contributed by atoms with E-state index in [0.29, 0.717) is 20.8 Å². The maximum absolute atomic E-state index is 13.5. The number of hydrogen-bond donors (Lipinski definition) is 1. The summed E-state index contributed by atoms with van der Waals surface area (Å²) in [7, 11) is 1.30. The maximum Gasteiger partial charge on any atom is 0.355 e. The first-order chi connectivity index (χ1) is 14.9. The molecular weight excluding hydrogens is 526 g/mol. The molecule has 0 atom stereocenters. The highest BCUT2D eigenvalue weighted by atomic mass is 79.9. The molecule has 1 heterocycles. The fraction of sp³-hybridized carbons (Fsp3) is 0.0833. The van der Waals surface area contributed by atoms with Crippen LogP contribution in [0.2, 0.25) is 0 Å². The molecule has 0 unspecified atom stereocenters. The molecule has 3 aromatic carbocycles. The zero-order chi connectivity index (χ0) is 22.1. The number of benzene rings is 3. The highest BCUT2D eigenvalue weighted by molar-refractivity contribution is 9.10. The van der Waals surface area contributed by atoms with Gasteiger partial charge in [0, 0.05) is 15.4 Å². The number of hydrogen-bond acceptors (Lipinski definition) is 4. The molecule has 31 heavy (non-hydrogen) atoms. The van der Waals surface area contributed by atoms with Gasteiger partial charge in [0.15, 0.2) is 0 Å². The Labute approximate surface area is 195 Å². The van der Waals surface area contributed by atoms with E-state index < -0.39 is 5.97 Å². The molecule has 1 N–H and O–H groups in total. The van der Waals surface area contributed by atoms with E-state index in [2.05, 4.69) is 31.9 Å². The smallest absolute Gasteiger partial charge is 0.355 e. The van der Waals surface area contributed by atoms with Crippen LogP contribution in [-0.4, -0.2) is 22.8 Å². The van der Waals surface area contributed by atoms with E-state index in [1.165, 1.54) is 11.7 Å². The van der Waals surface area contributed by atoms with Crippen molar-refractivity contribution in [1.82, 2.24) is 4.57 Å². The van der Waals surface area contributed by atoms with E-state index in [9.17, 15) is 14.7 Å². The van der Waals surface area contributed by atoms with Crippen molar-refractivity contribution < 1.29 is 14.6 Å². The minimum atomic E-state index is -0.601. The molecule has 7 heteroatoms. The number of aromatic hydroxyl groups is 1. The van der Waals surface area contributed by atoms with Gasteiger partial charge in [-0.25, -0.2) is 4.79 Å². The molecule has 4 rings (SSSR count). The van der Waals surface area contributed by atoms with Crippen LogP contribution in [0.3, 0.4) is 0 Å². The Morgan fingerprint density at radius 1 is 1.00 bits per heavy atom. The molecule has 1 aromatic heterocycles. The molecule has 5 nitrogen and oxygen atoms in total. The normalized spacial score (nSPS) is 10.9. The van der Waals surface area contributed by atoms with E-state index in [1.807, 2.05) is 36.4 Å². The molecule has 0 bridgehead atoms. The molecule has 0 radical (unpaired) electrons. The van der Waals surface area contributed by atoms with E-state index >= 15 is 0 Å². The zero-order valence-electron chi connectivity index (χ0n) is 16.4. The molecule has 0 aliphatic rings. The number of aromatic nitrogens is 1. The van der Waals surface area contributed by atoms with Crippen LogP contribution in [-0.2, 0) is 11.3 Å². The summed E-state index contributed by atoms with van der Waals surface area (Å²) < 4.78 is 7.83. The molecule has 0 saturated heterocycles. The van der Waals surface area contributed by atoms with Gasteiger partial charge in [-0.1, -0.05) is 52.3 Å². The summed E-state index contributed by atoms with van der Waals surface area (Å²) in [5.41, 5.74) is 2.04. The number of halogens is 2. The van der Waals surface area contributed by atoms with Crippen LogP contribution >= 0.6 is 31.9 Å². The first kappa shape index (κ1) is 21.3. The highest BCUT2D eigenvalue weighted by Crippen LogP contribution is 2.33. The van der Waals surface area contributed by atoms with Crippen molar-refractivity contribution in [2.24, 2.45) is 0 Å². The van der Waals surface area contributed by atoms with Crippen molar-refractivity contribution in [2.45, 2.75) is 6.54 Å². The van der Waals surface area contributed by atoms with Gasteiger partial charge in [0.2, 0.25) is 0 Å². The van der Waals surface area contributed by atoms with Crippen LogP contribution in [0.25, 0.3) is 21.9 Å². The molecule has 0 fully saturated rings. The third-order valence-electron chi connectivity index (χ3n) is 5.03. The first-order valence-corrected chi connectivity index (χ1v) is 11.0. The van der Waals surface area contributed by atoms with Crippen LogP contribution in [0.1, 0.15) is 16.1 Å². The van der Waals surface area contributed by atoms with Gasteiger partial charge in [0.25, 0.3) is 5.56 Å². The largest absolute Gasteiger partial charge is 0.507 e. The number of ether oxygens (including phenoxy) is 1. The van der Waals surface area contributed by atoms with Gasteiger partial charge in [-0.05, 0) is 62.8 Å². The second kappa shape index (κ2) is 8.69. The second-order valence-corrected chi connectivity index (χ2v) is 8.72. The Kier molecular flexibility index (Phi) is 5.98. The number of carbonyl (C=O) groups excluding carboxylic acids is 1. The van der Waals surface area contributed by atoms with Crippen molar-refractivity contribution in [1.29, 1.82) is 0 Å². The quantitative estimate of drug-likeness (QED) is 0.334. The van der Waals surface area contributed by atoms with Crippen LogP contribution in [0.15, 0.2) is 80.5 Å². The molecular formula is C24H17Br2NO4. The number of carbonyl (C=O) groups is 1. The fourth-order valence-corrected chi connectivity index (χ4v) is 4.39. The first-order valence-electron chi connectivity index (χ1n) is 9.38. The van der Waals surface area contributed by atoms with Crippen LogP contribution in [0.4, 0.5) is 0 Å². The number of methoxy groups -OCH3 is 1. The number of phenolic OH excluding ortho intramolecular Hbond substituents is 1. The van der Waals surface area contributed by atoms with E-state index in [4.69, 9.17) is 4.74 Å². The number of nitrogens with zero attached hydrogens (tertiary/aromatic N) is 1. The van der Waals surface area contributed by atoms with Gasteiger partial charge in [-0.15, -0.1) is 0 Å². The summed E-state index contributed by atoms with van der Waals surface area (Å²) in [5.74, 6) is -0.506. The van der Waals surface area contributed by atoms with Gasteiger partial charge < -0.3 is 9.84 Å². The summed E-state index contributed by atoms with van der Waals surface area (Å²) in [4.78, 5) is 26.5. The van der Waals surface area contributed by atoms with Crippen LogP contribution < -0.4 is 5.56 Å². The Balaban J connectivity index is 2.11. The highest BCUT2D eigenvalue weighted by Gasteiger charge is 2.24. The summed E-state index contributed by atoms with van der Waals surface area (Å²) in [6, 6.07) is 19.8. The predicted octanol–water partition coefficient (Wildman–Crippen LogP) is 5.73. The van der Waals surface area contributed by atoms with E-state index in [1.54, 1.807) is 30.3 Å². The Morgan fingerprint density at radius 3 is 2.42 bits per heavy atom. The number of fused-ring (bicyclic) bond motifs is 1. The van der Waals surface area contributed by atoms with Gasteiger partial charge in [0.05, 0.1) is 18.1 Å². The number of phenols is 1. The third-order valence-corrected chi connectivity index (χ3v) is 6.16. The molecule has 0 amide bonds. The van der Waals surface area contributed by atoms with E-state index in [0.717, 1.165) is 15.6 Å². The Hall–Kier alpha value is -2.90. The van der Waals surface area contributed by atoms with Crippen LogP contribution in [0, 0.1) is 0 Å². The molecule has 0 aliphatic heterocycles. The number of rotatable bonds is 4. The lowest BCUT2D eigenvalue weighted by atomic mass is 9.96. The number of esters is 1. The molecule has 0 saturated carbocycles. The Bertz CT molecular complexity index is 1360. The molecule has 0 spiro atoms. The standard InChI is InChI=1S/C24H17Br2NO4/c1-31-24(30)22-21(15-5-3-2-4-6-15)18-12-16(25)8-9-17(18)23(29)27(22)13-14-7-10-20(28)19(26)11-14/h2-12,28H,13H2,1H3. The average Bonchev–Trinajstić information content (AvgIpc) is 2.77. The maximum atomic E-state index is 13.5. The van der Waals surface area contributed by atoms with Crippen molar-refractivity contribution in [2.75, 3.05) is 7.11 Å². The Morgan fingerprint density at radius 2 is 1.74 bits per heavy atom. The monoisotopic (exact) mass is 541 g/mol. The van der Waals surface area contributed by atoms with Crippen LogP contribution in [0.5, 0.6) is 5.75 Å². The minimum Gasteiger partial charge on any atom is -0.507 e. The molecule has 156 valence electrons. The van der Waals surface area contributed by atoms with E-state index in [-0.39, 0.29) is 23.5 Å². The summed E-state index contributed by atoms with van der Waals surface area (Å²) in [6.45, 7) is 0.133. The number of pyridine rings is 1. The lowest BCUT2D eigenvalue weighted by Crippen LogP contribution is -2.28.